The normalized spacial score (nSPS) is 24.2. The SMILES string of the molecule is CS(=O)(=O)c1ccc(CC(=O)C(C2CNCCN2)N2CCC(S(C)(=O)=O)C2)cc1.Cl. The first kappa shape index (κ1) is 25.2. The van der Waals surface area contributed by atoms with Crippen LogP contribution in [0.1, 0.15) is 12.0 Å². The van der Waals surface area contributed by atoms with E-state index in [1.165, 1.54) is 18.4 Å². The lowest BCUT2D eigenvalue weighted by Crippen LogP contribution is -2.61. The van der Waals surface area contributed by atoms with Crippen LogP contribution >= 0.6 is 12.4 Å². The maximum absolute atomic E-state index is 13.3. The summed E-state index contributed by atoms with van der Waals surface area (Å²) < 4.78 is 47.2. The summed E-state index contributed by atoms with van der Waals surface area (Å²) >= 11 is 0. The first-order valence-corrected chi connectivity index (χ1v) is 13.6. The lowest BCUT2D eigenvalue weighted by atomic mass is 9.95. The van der Waals surface area contributed by atoms with E-state index in [1.807, 2.05) is 4.90 Å². The first-order chi connectivity index (χ1) is 13.6. The lowest BCUT2D eigenvalue weighted by molar-refractivity contribution is -0.124. The van der Waals surface area contributed by atoms with Gasteiger partial charge in [-0.15, -0.1) is 12.4 Å². The maximum Gasteiger partial charge on any atom is 0.175 e. The number of ketones is 1. The molecular weight excluding hydrogens is 450 g/mol. The van der Waals surface area contributed by atoms with Crippen LogP contribution in [-0.4, -0.2) is 90.1 Å². The zero-order valence-electron chi connectivity index (χ0n) is 17.2. The molecular formula is C19H30ClN3O5S2. The van der Waals surface area contributed by atoms with E-state index in [1.54, 1.807) is 12.1 Å². The zero-order chi connectivity index (χ0) is 21.2. The van der Waals surface area contributed by atoms with Crippen molar-refractivity contribution in [2.45, 2.75) is 35.1 Å². The summed E-state index contributed by atoms with van der Waals surface area (Å²) in [6, 6.07) is 5.85. The predicted octanol–water partition coefficient (Wildman–Crippen LogP) is -0.328. The number of nitrogens with one attached hydrogen (secondary N) is 2. The van der Waals surface area contributed by atoms with Crippen LogP contribution in [0.3, 0.4) is 0 Å². The van der Waals surface area contributed by atoms with Gasteiger partial charge in [0.25, 0.3) is 0 Å². The van der Waals surface area contributed by atoms with Gasteiger partial charge in [0.05, 0.1) is 16.2 Å². The quantitative estimate of drug-likeness (QED) is 0.546. The fraction of sp³-hybridized carbons (Fsp3) is 0.632. The van der Waals surface area contributed by atoms with Crippen molar-refractivity contribution in [3.8, 4) is 0 Å². The number of rotatable bonds is 7. The molecule has 8 nitrogen and oxygen atoms in total. The summed E-state index contributed by atoms with van der Waals surface area (Å²) in [7, 11) is -6.43. The van der Waals surface area contributed by atoms with Gasteiger partial charge in [0.1, 0.15) is 0 Å². The molecule has 3 unspecified atom stereocenters. The van der Waals surface area contributed by atoms with Crippen LogP contribution < -0.4 is 10.6 Å². The molecule has 3 rings (SSSR count). The number of hydrogen-bond donors (Lipinski definition) is 2. The van der Waals surface area contributed by atoms with Crippen molar-refractivity contribution in [3.63, 3.8) is 0 Å². The monoisotopic (exact) mass is 479 g/mol. The Hall–Kier alpha value is -1.04. The van der Waals surface area contributed by atoms with Crippen molar-refractivity contribution >= 4 is 37.9 Å². The number of piperazine rings is 1. The van der Waals surface area contributed by atoms with Crippen molar-refractivity contribution < 1.29 is 21.6 Å². The van der Waals surface area contributed by atoms with Crippen LogP contribution in [0.25, 0.3) is 0 Å². The summed E-state index contributed by atoms with van der Waals surface area (Å²) in [6.07, 6.45) is 3.11. The second-order valence-electron chi connectivity index (χ2n) is 8.00. The number of Topliss-reactive ketones (excluding diaryl/α,β-unsaturated/α-hetero) is 1. The van der Waals surface area contributed by atoms with Crippen molar-refractivity contribution in [1.29, 1.82) is 0 Å². The van der Waals surface area contributed by atoms with E-state index >= 15 is 0 Å². The molecule has 1 aromatic carbocycles. The van der Waals surface area contributed by atoms with E-state index in [4.69, 9.17) is 0 Å². The first-order valence-electron chi connectivity index (χ1n) is 9.74. The summed E-state index contributed by atoms with van der Waals surface area (Å²) in [4.78, 5) is 15.5. The Morgan fingerprint density at radius 1 is 1.13 bits per heavy atom. The van der Waals surface area contributed by atoms with Crippen LogP contribution in [0.5, 0.6) is 0 Å². The summed E-state index contributed by atoms with van der Waals surface area (Å²) in [5, 5.41) is 6.25. The number of likely N-dealkylation sites (tertiary alicyclic amines) is 1. The number of halogens is 1. The Bertz CT molecular complexity index is 945. The highest BCUT2D eigenvalue weighted by Crippen LogP contribution is 2.22. The van der Waals surface area contributed by atoms with Crippen LogP contribution in [0.4, 0.5) is 0 Å². The van der Waals surface area contributed by atoms with E-state index < -0.39 is 31.0 Å². The van der Waals surface area contributed by atoms with Gasteiger partial charge < -0.3 is 10.6 Å². The smallest absolute Gasteiger partial charge is 0.175 e. The summed E-state index contributed by atoms with van der Waals surface area (Å²) in [5.41, 5.74) is 0.745. The molecule has 2 aliphatic rings. The topological polar surface area (TPSA) is 113 Å². The van der Waals surface area contributed by atoms with Gasteiger partial charge in [-0.05, 0) is 24.1 Å². The number of hydrogen-bond acceptors (Lipinski definition) is 8. The van der Waals surface area contributed by atoms with Gasteiger partial charge in [-0.3, -0.25) is 9.69 Å². The summed E-state index contributed by atoms with van der Waals surface area (Å²) in [5.74, 6) is 0.00690. The molecule has 2 saturated heterocycles. The lowest BCUT2D eigenvalue weighted by Gasteiger charge is -2.36. The molecule has 0 saturated carbocycles. The molecule has 1 aromatic rings. The second-order valence-corrected chi connectivity index (χ2v) is 12.3. The highest BCUT2D eigenvalue weighted by atomic mass is 35.5. The third kappa shape index (κ3) is 6.24. The van der Waals surface area contributed by atoms with Gasteiger partial charge in [-0.1, -0.05) is 12.1 Å². The van der Waals surface area contributed by atoms with E-state index in [-0.39, 0.29) is 35.5 Å². The summed E-state index contributed by atoms with van der Waals surface area (Å²) in [6.45, 7) is 3.15. The van der Waals surface area contributed by atoms with Crippen LogP contribution in [0, 0.1) is 0 Å². The fourth-order valence-electron chi connectivity index (χ4n) is 4.10. The van der Waals surface area contributed by atoms with E-state index in [9.17, 15) is 21.6 Å². The number of carbonyl (C=O) groups excluding carboxylic acids is 1. The van der Waals surface area contributed by atoms with Gasteiger partial charge in [0.2, 0.25) is 0 Å². The minimum atomic E-state index is -3.28. The molecule has 2 N–H and O–H groups in total. The second kappa shape index (κ2) is 10.1. The molecule has 2 heterocycles. The number of nitrogens with zero attached hydrogens (tertiary/aromatic N) is 1. The van der Waals surface area contributed by atoms with Gasteiger partial charge in [-0.2, -0.15) is 0 Å². The van der Waals surface area contributed by atoms with Crippen molar-refractivity contribution in [2.75, 3.05) is 45.2 Å². The van der Waals surface area contributed by atoms with Gasteiger partial charge >= 0.3 is 0 Å². The Morgan fingerprint density at radius 3 is 2.30 bits per heavy atom. The zero-order valence-corrected chi connectivity index (χ0v) is 19.7. The number of benzene rings is 1. The molecule has 11 heteroatoms. The number of carbonyl (C=O) groups is 1. The molecule has 0 spiro atoms. The third-order valence-corrected chi connectivity index (χ3v) is 8.41. The Morgan fingerprint density at radius 2 is 1.80 bits per heavy atom. The minimum absolute atomic E-state index is 0. The molecule has 0 aliphatic carbocycles. The van der Waals surface area contributed by atoms with Crippen LogP contribution in [0.15, 0.2) is 29.2 Å². The minimum Gasteiger partial charge on any atom is -0.314 e. The van der Waals surface area contributed by atoms with Crippen molar-refractivity contribution in [2.24, 2.45) is 0 Å². The predicted molar refractivity (Wildman–Crippen MR) is 119 cm³/mol. The molecule has 170 valence electrons. The molecule has 0 aromatic heterocycles. The van der Waals surface area contributed by atoms with E-state index in [2.05, 4.69) is 10.6 Å². The van der Waals surface area contributed by atoms with Gasteiger partial charge in [-0.25, -0.2) is 16.8 Å². The number of sulfone groups is 2. The van der Waals surface area contributed by atoms with E-state index in [0.717, 1.165) is 24.9 Å². The van der Waals surface area contributed by atoms with Gasteiger partial charge in [0, 0.05) is 57.7 Å². The van der Waals surface area contributed by atoms with E-state index in [0.29, 0.717) is 26.1 Å². The standard InChI is InChI=1S/C19H29N3O5S2.ClH/c1-28(24,25)15-5-3-14(4-6-15)11-18(23)19(17-12-20-8-9-21-17)22-10-7-16(13-22)29(2,26)27;/h3-6,16-17,19-21H,7-13H2,1-2H3;1H. The Balaban J connectivity index is 0.00000320. The average Bonchev–Trinajstić information content (AvgIpc) is 3.12. The van der Waals surface area contributed by atoms with Gasteiger partial charge in [0.15, 0.2) is 25.5 Å². The fourth-order valence-corrected chi connectivity index (χ4v) is 5.72. The molecule has 2 aliphatic heterocycles. The molecule has 30 heavy (non-hydrogen) atoms. The molecule has 0 radical (unpaired) electrons. The Labute approximate surface area is 185 Å². The highest BCUT2D eigenvalue weighted by molar-refractivity contribution is 7.91. The van der Waals surface area contributed by atoms with Crippen LogP contribution in [-0.2, 0) is 30.9 Å². The molecule has 3 atom stereocenters. The van der Waals surface area contributed by atoms with Crippen molar-refractivity contribution in [1.82, 2.24) is 15.5 Å². The maximum atomic E-state index is 13.3. The molecule has 0 bridgehead atoms. The molecule has 0 amide bonds. The highest BCUT2D eigenvalue weighted by Gasteiger charge is 2.40. The average molecular weight is 480 g/mol. The van der Waals surface area contributed by atoms with Crippen molar-refractivity contribution in [3.05, 3.63) is 29.8 Å². The largest absolute Gasteiger partial charge is 0.314 e. The molecule has 2 fully saturated rings. The Kier molecular flexibility index (Phi) is 8.45. The van der Waals surface area contributed by atoms with Crippen LogP contribution in [0.2, 0.25) is 0 Å². The third-order valence-electron chi connectivity index (χ3n) is 5.69.